The van der Waals surface area contributed by atoms with E-state index < -0.39 is 0 Å². The predicted molar refractivity (Wildman–Crippen MR) is 154 cm³/mol. The monoisotopic (exact) mass is 508 g/mol. The van der Waals surface area contributed by atoms with Gasteiger partial charge in [0.1, 0.15) is 0 Å². The largest absolute Gasteiger partial charge is 0.303 e. The minimum atomic E-state index is -0.0321. The maximum atomic E-state index is 14.3. The van der Waals surface area contributed by atoms with Crippen molar-refractivity contribution >= 4 is 23.2 Å². The number of hydrogen-bond donors (Lipinski definition) is 0. The molecule has 0 N–H and O–H groups in total. The SMILES string of the molecule is CC1c2cc(C(C)(C)C)ccc2C2=C3C(=O)N4C(=C3C(=O)N2C1C)c1ccc(C(C)(C)C)cc1C(C)C4C. The molecule has 4 aliphatic heterocycles. The van der Waals surface area contributed by atoms with Gasteiger partial charge in [-0.25, -0.2) is 0 Å². The Morgan fingerprint density at radius 3 is 1.24 bits per heavy atom. The molecule has 0 aromatic heterocycles. The summed E-state index contributed by atoms with van der Waals surface area (Å²) < 4.78 is 0. The topological polar surface area (TPSA) is 40.6 Å². The molecule has 4 aliphatic rings. The maximum Gasteiger partial charge on any atom is 0.261 e. The second-order valence-corrected chi connectivity index (χ2v) is 14.0. The third-order valence-electron chi connectivity index (χ3n) is 9.66. The van der Waals surface area contributed by atoms with Gasteiger partial charge in [-0.3, -0.25) is 9.59 Å². The first-order chi connectivity index (χ1) is 17.6. The molecule has 0 saturated heterocycles. The van der Waals surface area contributed by atoms with E-state index in [0.717, 1.165) is 22.5 Å². The fourth-order valence-electron chi connectivity index (χ4n) is 6.85. The summed E-state index contributed by atoms with van der Waals surface area (Å²) in [5.74, 6) is 0.281. The fraction of sp³-hybridized carbons (Fsp3) is 0.471. The molecule has 6 rings (SSSR count). The average Bonchev–Trinajstić information content (AvgIpc) is 3.31. The van der Waals surface area contributed by atoms with Crippen molar-refractivity contribution in [2.45, 2.75) is 104 Å². The van der Waals surface area contributed by atoms with Gasteiger partial charge in [0.2, 0.25) is 0 Å². The summed E-state index contributed by atoms with van der Waals surface area (Å²) in [4.78, 5) is 32.4. The third-order valence-corrected chi connectivity index (χ3v) is 9.66. The van der Waals surface area contributed by atoms with Crippen molar-refractivity contribution in [1.82, 2.24) is 9.80 Å². The van der Waals surface area contributed by atoms with E-state index in [-0.39, 0.29) is 46.6 Å². The van der Waals surface area contributed by atoms with Crippen molar-refractivity contribution in [1.29, 1.82) is 0 Å². The molecular weight excluding hydrogens is 468 g/mol. The highest BCUT2D eigenvalue weighted by atomic mass is 16.2. The number of amides is 2. The zero-order chi connectivity index (χ0) is 27.6. The van der Waals surface area contributed by atoms with E-state index in [1.807, 2.05) is 9.80 Å². The Hall–Kier alpha value is -3.14. The molecule has 4 atom stereocenters. The van der Waals surface area contributed by atoms with Crippen LogP contribution in [0.2, 0.25) is 0 Å². The molecule has 0 fully saturated rings. The lowest BCUT2D eigenvalue weighted by atomic mass is 9.78. The summed E-state index contributed by atoms with van der Waals surface area (Å²) >= 11 is 0. The summed E-state index contributed by atoms with van der Waals surface area (Å²) in [5, 5.41) is 0. The lowest BCUT2D eigenvalue weighted by molar-refractivity contribution is -0.125. The van der Waals surface area contributed by atoms with E-state index in [0.29, 0.717) is 11.1 Å². The van der Waals surface area contributed by atoms with Gasteiger partial charge in [0, 0.05) is 35.0 Å². The van der Waals surface area contributed by atoms with Crippen LogP contribution >= 0.6 is 0 Å². The van der Waals surface area contributed by atoms with Crippen LogP contribution in [0.4, 0.5) is 0 Å². The highest BCUT2D eigenvalue weighted by molar-refractivity contribution is 6.31. The maximum absolute atomic E-state index is 14.3. The minimum Gasteiger partial charge on any atom is -0.303 e. The van der Waals surface area contributed by atoms with Crippen molar-refractivity contribution in [3.05, 3.63) is 80.9 Å². The molecule has 4 heterocycles. The summed E-state index contributed by atoms with van der Waals surface area (Å²) in [6.07, 6.45) is 0. The van der Waals surface area contributed by atoms with Crippen LogP contribution in [0.3, 0.4) is 0 Å². The molecule has 2 amide bonds. The standard InChI is InChI=1S/C34H40N2O2/c1-17-19(3)35-29(23-13-11-21(15-25(17)23)33(5,6)7)27-28(31(35)37)30-24-14-12-22(34(8,9)10)16-26(24)18(2)20(4)36(30)32(27)38/h11-20H,1-10H3. The first-order valence-electron chi connectivity index (χ1n) is 14.1. The van der Waals surface area contributed by atoms with Crippen LogP contribution in [0.15, 0.2) is 47.5 Å². The van der Waals surface area contributed by atoms with Gasteiger partial charge in [-0.2, -0.15) is 0 Å². The van der Waals surface area contributed by atoms with E-state index in [1.54, 1.807) is 0 Å². The number of rotatable bonds is 0. The van der Waals surface area contributed by atoms with Gasteiger partial charge in [-0.05, 0) is 46.9 Å². The number of nitrogens with zero attached hydrogens (tertiary/aromatic N) is 2. The molecule has 0 aliphatic carbocycles. The smallest absolute Gasteiger partial charge is 0.261 e. The Morgan fingerprint density at radius 1 is 0.579 bits per heavy atom. The Bertz CT molecular complexity index is 1380. The Morgan fingerprint density at radius 2 is 0.921 bits per heavy atom. The molecule has 2 aromatic rings. The van der Waals surface area contributed by atoms with Gasteiger partial charge < -0.3 is 9.80 Å². The molecule has 0 bridgehead atoms. The van der Waals surface area contributed by atoms with Crippen molar-refractivity contribution < 1.29 is 9.59 Å². The Balaban J connectivity index is 1.63. The van der Waals surface area contributed by atoms with Crippen LogP contribution < -0.4 is 0 Å². The van der Waals surface area contributed by atoms with Crippen LogP contribution in [0.25, 0.3) is 11.4 Å². The number of carbonyl (C=O) groups excluding carboxylic acids is 2. The van der Waals surface area contributed by atoms with E-state index in [4.69, 9.17) is 0 Å². The Kier molecular flexibility index (Phi) is 5.10. The normalized spacial score (nSPS) is 26.5. The first kappa shape index (κ1) is 25.2. The second kappa shape index (κ2) is 7.71. The number of hydrogen-bond acceptors (Lipinski definition) is 2. The van der Waals surface area contributed by atoms with E-state index >= 15 is 0 Å². The van der Waals surface area contributed by atoms with Crippen LogP contribution in [-0.4, -0.2) is 33.7 Å². The molecule has 0 spiro atoms. The van der Waals surface area contributed by atoms with Gasteiger partial charge >= 0.3 is 0 Å². The zero-order valence-corrected chi connectivity index (χ0v) is 24.5. The highest BCUT2D eigenvalue weighted by Crippen LogP contribution is 2.55. The molecule has 198 valence electrons. The van der Waals surface area contributed by atoms with Gasteiger partial charge in [0.05, 0.1) is 22.5 Å². The summed E-state index contributed by atoms with van der Waals surface area (Å²) in [6, 6.07) is 13.2. The quantitative estimate of drug-likeness (QED) is 0.381. The summed E-state index contributed by atoms with van der Waals surface area (Å²) in [6.45, 7) is 22.0. The van der Waals surface area contributed by atoms with Crippen molar-refractivity contribution in [2.24, 2.45) is 0 Å². The second-order valence-electron chi connectivity index (χ2n) is 14.0. The van der Waals surface area contributed by atoms with Crippen molar-refractivity contribution in [3.63, 3.8) is 0 Å². The average molecular weight is 509 g/mol. The fourth-order valence-corrected chi connectivity index (χ4v) is 6.85. The highest BCUT2D eigenvalue weighted by Gasteiger charge is 2.55. The molecule has 0 saturated carbocycles. The predicted octanol–water partition coefficient (Wildman–Crippen LogP) is 7.10. The minimum absolute atomic E-state index is 0.0244. The molecule has 4 nitrogen and oxygen atoms in total. The van der Waals surface area contributed by atoms with E-state index in [1.165, 1.54) is 22.3 Å². The first-order valence-corrected chi connectivity index (χ1v) is 14.1. The van der Waals surface area contributed by atoms with Gasteiger partial charge in [-0.1, -0.05) is 91.8 Å². The van der Waals surface area contributed by atoms with Crippen molar-refractivity contribution in [2.75, 3.05) is 0 Å². The lowest BCUT2D eigenvalue weighted by Crippen LogP contribution is -2.44. The molecule has 4 unspecified atom stereocenters. The Labute approximate surface area is 227 Å². The van der Waals surface area contributed by atoms with Crippen LogP contribution in [0, 0.1) is 0 Å². The van der Waals surface area contributed by atoms with Gasteiger partial charge in [0.15, 0.2) is 0 Å². The lowest BCUT2D eigenvalue weighted by Gasteiger charge is -2.42. The molecule has 38 heavy (non-hydrogen) atoms. The summed E-state index contributed by atoms with van der Waals surface area (Å²) in [7, 11) is 0. The van der Waals surface area contributed by atoms with E-state index in [2.05, 4.69) is 106 Å². The molecular formula is C34H40N2O2. The molecule has 0 radical (unpaired) electrons. The number of carbonyl (C=O) groups is 2. The summed E-state index contributed by atoms with van der Waals surface area (Å²) in [5.41, 5.74) is 9.94. The number of fused-ring (bicyclic) bond motifs is 7. The third kappa shape index (κ3) is 3.15. The van der Waals surface area contributed by atoms with Gasteiger partial charge in [0.25, 0.3) is 11.8 Å². The zero-order valence-electron chi connectivity index (χ0n) is 24.5. The van der Waals surface area contributed by atoms with E-state index in [9.17, 15) is 9.59 Å². The number of benzene rings is 2. The van der Waals surface area contributed by atoms with Crippen LogP contribution in [-0.2, 0) is 20.4 Å². The molecule has 4 heteroatoms. The van der Waals surface area contributed by atoms with Crippen molar-refractivity contribution in [3.8, 4) is 0 Å². The van der Waals surface area contributed by atoms with Gasteiger partial charge in [-0.15, -0.1) is 0 Å². The van der Waals surface area contributed by atoms with Crippen LogP contribution in [0.1, 0.15) is 114 Å². The van der Waals surface area contributed by atoms with Crippen LogP contribution in [0.5, 0.6) is 0 Å². The molecule has 2 aromatic carbocycles.